The summed E-state index contributed by atoms with van der Waals surface area (Å²) in [7, 11) is 0. The van der Waals surface area contributed by atoms with Crippen LogP contribution in [-0.4, -0.2) is 29.1 Å². The lowest BCUT2D eigenvalue weighted by atomic mass is 10.1. The molecule has 0 aliphatic carbocycles. The maximum Gasteiger partial charge on any atom is 0.252 e. The van der Waals surface area contributed by atoms with Gasteiger partial charge in [0.05, 0.1) is 11.7 Å². The third-order valence-electron chi connectivity index (χ3n) is 3.07. The van der Waals surface area contributed by atoms with Gasteiger partial charge in [-0.15, -0.1) is 0 Å². The quantitative estimate of drug-likeness (QED) is 0.764. The number of amides is 1. The average molecular weight is 303 g/mol. The van der Waals surface area contributed by atoms with E-state index in [0.717, 1.165) is 0 Å². The number of pyridine rings is 1. The van der Waals surface area contributed by atoms with Crippen molar-refractivity contribution in [3.8, 4) is 0 Å². The van der Waals surface area contributed by atoms with Gasteiger partial charge in [0.1, 0.15) is 11.6 Å². The first-order valence-corrected chi connectivity index (χ1v) is 7.01. The van der Waals surface area contributed by atoms with Crippen molar-refractivity contribution in [3.63, 3.8) is 0 Å². The number of aliphatic hydroxyl groups excluding tert-OH is 1. The van der Waals surface area contributed by atoms with Crippen LogP contribution in [0, 0.1) is 5.82 Å². The van der Waals surface area contributed by atoms with Crippen LogP contribution in [-0.2, 0) is 0 Å². The molecule has 1 aromatic carbocycles. The summed E-state index contributed by atoms with van der Waals surface area (Å²) in [5.41, 5.74) is 0.963. The molecule has 5 nitrogen and oxygen atoms in total. The Hall–Kier alpha value is -2.47. The van der Waals surface area contributed by atoms with Crippen LogP contribution in [0.3, 0.4) is 0 Å². The molecule has 0 fully saturated rings. The van der Waals surface area contributed by atoms with Gasteiger partial charge in [-0.2, -0.15) is 0 Å². The molecule has 116 valence electrons. The Morgan fingerprint density at radius 3 is 2.82 bits per heavy atom. The molecule has 1 heterocycles. The molecular formula is C16H18FN3O2. The molecule has 22 heavy (non-hydrogen) atoms. The van der Waals surface area contributed by atoms with Gasteiger partial charge in [-0.3, -0.25) is 4.79 Å². The Morgan fingerprint density at radius 2 is 2.18 bits per heavy atom. The monoisotopic (exact) mass is 303 g/mol. The smallest absolute Gasteiger partial charge is 0.252 e. The molecule has 0 saturated heterocycles. The highest BCUT2D eigenvalue weighted by atomic mass is 19.1. The number of carbonyl (C=O) groups is 1. The van der Waals surface area contributed by atoms with E-state index < -0.39 is 6.10 Å². The lowest BCUT2D eigenvalue weighted by molar-refractivity contribution is 0.0955. The minimum Gasteiger partial charge on any atom is -0.387 e. The van der Waals surface area contributed by atoms with Gasteiger partial charge in [0.15, 0.2) is 0 Å². The Bertz CT molecular complexity index is 632. The minimum absolute atomic E-state index is 0.179. The van der Waals surface area contributed by atoms with Crippen molar-refractivity contribution < 1.29 is 14.3 Å². The molecule has 0 saturated carbocycles. The largest absolute Gasteiger partial charge is 0.387 e. The Balaban J connectivity index is 1.93. The van der Waals surface area contributed by atoms with Gasteiger partial charge >= 0.3 is 0 Å². The van der Waals surface area contributed by atoms with Crippen LogP contribution in [0.25, 0.3) is 0 Å². The van der Waals surface area contributed by atoms with E-state index in [4.69, 9.17) is 0 Å². The van der Waals surface area contributed by atoms with E-state index in [9.17, 15) is 14.3 Å². The lowest BCUT2D eigenvalue weighted by Gasteiger charge is -2.13. The van der Waals surface area contributed by atoms with E-state index in [2.05, 4.69) is 15.6 Å². The molecule has 0 unspecified atom stereocenters. The number of nitrogens with zero attached hydrogens (tertiary/aromatic N) is 1. The van der Waals surface area contributed by atoms with E-state index in [1.54, 1.807) is 24.3 Å². The summed E-state index contributed by atoms with van der Waals surface area (Å²) in [6.45, 7) is 2.59. The van der Waals surface area contributed by atoms with Crippen molar-refractivity contribution in [1.29, 1.82) is 0 Å². The van der Waals surface area contributed by atoms with E-state index in [1.807, 2.05) is 6.92 Å². The SMILES string of the molecule is CCNC(=O)c1ccc(NC[C@@H](O)c2cccc(F)c2)nc1. The number of aromatic nitrogens is 1. The molecular weight excluding hydrogens is 285 g/mol. The van der Waals surface area contributed by atoms with Crippen LogP contribution < -0.4 is 10.6 Å². The van der Waals surface area contributed by atoms with Crippen LogP contribution in [0.1, 0.15) is 28.9 Å². The predicted molar refractivity (Wildman–Crippen MR) is 82.1 cm³/mol. The second-order valence-corrected chi connectivity index (χ2v) is 4.74. The van der Waals surface area contributed by atoms with Gasteiger partial charge < -0.3 is 15.7 Å². The second-order valence-electron chi connectivity index (χ2n) is 4.74. The van der Waals surface area contributed by atoms with Gasteiger partial charge in [0.2, 0.25) is 0 Å². The second kappa shape index (κ2) is 7.51. The fourth-order valence-electron chi connectivity index (χ4n) is 1.93. The van der Waals surface area contributed by atoms with Gasteiger partial charge in [-0.1, -0.05) is 12.1 Å². The number of aliphatic hydroxyl groups is 1. The van der Waals surface area contributed by atoms with E-state index in [0.29, 0.717) is 23.5 Å². The fraction of sp³-hybridized carbons (Fsp3) is 0.250. The van der Waals surface area contributed by atoms with Gasteiger partial charge in [0, 0.05) is 19.3 Å². The normalized spacial score (nSPS) is 11.8. The molecule has 0 spiro atoms. The summed E-state index contributed by atoms with van der Waals surface area (Å²) >= 11 is 0. The highest BCUT2D eigenvalue weighted by molar-refractivity contribution is 5.93. The summed E-state index contributed by atoms with van der Waals surface area (Å²) in [5, 5.41) is 15.6. The third kappa shape index (κ3) is 4.26. The van der Waals surface area contributed by atoms with Crippen molar-refractivity contribution in [2.45, 2.75) is 13.0 Å². The number of nitrogens with one attached hydrogen (secondary N) is 2. The molecule has 0 bridgehead atoms. The van der Waals surface area contributed by atoms with Crippen molar-refractivity contribution >= 4 is 11.7 Å². The Labute approximate surface area is 128 Å². The number of carbonyl (C=O) groups excluding carboxylic acids is 1. The molecule has 2 rings (SSSR count). The van der Waals surface area contributed by atoms with Gasteiger partial charge in [0.25, 0.3) is 5.91 Å². The standard InChI is InChI=1S/C16H18FN3O2/c1-2-18-16(22)12-6-7-15(19-9-12)20-10-14(21)11-4-3-5-13(17)8-11/h3-9,14,21H,2,10H2,1H3,(H,18,22)(H,19,20)/t14-/m1/s1. The Kier molecular flexibility index (Phi) is 5.43. The number of anilines is 1. The number of hydrogen-bond donors (Lipinski definition) is 3. The van der Waals surface area contributed by atoms with Gasteiger partial charge in [-0.05, 0) is 36.8 Å². The van der Waals surface area contributed by atoms with Crippen molar-refractivity contribution in [2.75, 3.05) is 18.4 Å². The molecule has 0 aliphatic rings. The number of hydrogen-bond acceptors (Lipinski definition) is 4. The van der Waals surface area contributed by atoms with E-state index in [-0.39, 0.29) is 18.3 Å². The zero-order valence-corrected chi connectivity index (χ0v) is 12.2. The molecule has 0 aliphatic heterocycles. The van der Waals surface area contributed by atoms with E-state index in [1.165, 1.54) is 18.3 Å². The van der Waals surface area contributed by atoms with Crippen LogP contribution in [0.5, 0.6) is 0 Å². The van der Waals surface area contributed by atoms with Crippen LogP contribution in [0.2, 0.25) is 0 Å². The molecule has 6 heteroatoms. The van der Waals surface area contributed by atoms with Crippen LogP contribution in [0.4, 0.5) is 10.2 Å². The van der Waals surface area contributed by atoms with Crippen LogP contribution in [0.15, 0.2) is 42.6 Å². The minimum atomic E-state index is -0.847. The van der Waals surface area contributed by atoms with Crippen molar-refractivity contribution in [3.05, 3.63) is 59.5 Å². The first-order valence-electron chi connectivity index (χ1n) is 7.01. The highest BCUT2D eigenvalue weighted by Crippen LogP contribution is 2.15. The molecule has 1 amide bonds. The summed E-state index contributed by atoms with van der Waals surface area (Å²) in [5.74, 6) is -0.0363. The maximum atomic E-state index is 13.1. The molecule has 1 aromatic heterocycles. The summed E-state index contributed by atoms with van der Waals surface area (Å²) < 4.78 is 13.1. The third-order valence-corrected chi connectivity index (χ3v) is 3.07. The van der Waals surface area contributed by atoms with Crippen molar-refractivity contribution in [2.24, 2.45) is 0 Å². The first kappa shape index (κ1) is 15.9. The number of benzene rings is 1. The lowest BCUT2D eigenvalue weighted by Crippen LogP contribution is -2.22. The van der Waals surface area contributed by atoms with Crippen LogP contribution >= 0.6 is 0 Å². The zero-order valence-electron chi connectivity index (χ0n) is 12.2. The maximum absolute atomic E-state index is 13.1. The van der Waals surface area contributed by atoms with Gasteiger partial charge in [-0.25, -0.2) is 9.37 Å². The molecule has 0 radical (unpaired) electrons. The fourth-order valence-corrected chi connectivity index (χ4v) is 1.93. The summed E-state index contributed by atoms with van der Waals surface area (Å²) in [6.07, 6.45) is 0.614. The predicted octanol–water partition coefficient (Wildman–Crippen LogP) is 2.12. The average Bonchev–Trinajstić information content (AvgIpc) is 2.53. The van der Waals surface area contributed by atoms with Crippen molar-refractivity contribution in [1.82, 2.24) is 10.3 Å². The zero-order chi connectivity index (χ0) is 15.9. The summed E-state index contributed by atoms with van der Waals surface area (Å²) in [6, 6.07) is 9.12. The van der Waals surface area contributed by atoms with E-state index >= 15 is 0 Å². The summed E-state index contributed by atoms with van der Waals surface area (Å²) in [4.78, 5) is 15.7. The highest BCUT2D eigenvalue weighted by Gasteiger charge is 2.09. The number of halogens is 1. The molecule has 1 atom stereocenters. The molecule has 3 N–H and O–H groups in total. The first-order chi connectivity index (χ1) is 10.6. The number of rotatable bonds is 6. The Morgan fingerprint density at radius 1 is 1.36 bits per heavy atom. The molecule has 2 aromatic rings. The topological polar surface area (TPSA) is 74.2 Å².